The fraction of sp³-hybridized carbons (Fsp3) is 0.0370. The molecule has 0 unspecified atom stereocenters. The lowest BCUT2D eigenvalue weighted by Crippen LogP contribution is -2.11. The van der Waals surface area contributed by atoms with Crippen LogP contribution in [0, 0.1) is 5.82 Å². The van der Waals surface area contributed by atoms with E-state index in [-0.39, 0.29) is 11.3 Å². The molecule has 5 rings (SSSR count). The number of benzene rings is 4. The number of nitrogens with one attached hydrogen (secondary N) is 1. The minimum atomic E-state index is -0.469. The molecule has 5 aromatic rings. The van der Waals surface area contributed by atoms with Crippen molar-refractivity contribution in [3.8, 4) is 23.0 Å². The standard InChI is InChI=1S/C27H19FN2O4/c1-33-26-15-23-22(14-24(26)31)25(9-10-29-23)34-21-8-6-16-5-7-20(12-18(16)13-21)30-27(32)17-3-2-4-19(28)11-17/h2-15,31H,1H3,(H,30,32). The van der Waals surface area contributed by atoms with E-state index in [4.69, 9.17) is 9.47 Å². The van der Waals surface area contributed by atoms with Gasteiger partial charge in [-0.1, -0.05) is 18.2 Å². The number of pyridine rings is 1. The van der Waals surface area contributed by atoms with Gasteiger partial charge in [0.2, 0.25) is 0 Å². The van der Waals surface area contributed by atoms with Crippen molar-refractivity contribution in [1.82, 2.24) is 4.98 Å². The first-order chi connectivity index (χ1) is 16.5. The quantitative estimate of drug-likeness (QED) is 0.326. The first-order valence-corrected chi connectivity index (χ1v) is 10.4. The van der Waals surface area contributed by atoms with E-state index < -0.39 is 11.7 Å². The summed E-state index contributed by atoms with van der Waals surface area (Å²) in [7, 11) is 1.48. The Morgan fingerprint density at radius 3 is 2.62 bits per heavy atom. The van der Waals surface area contributed by atoms with E-state index >= 15 is 0 Å². The SMILES string of the molecule is COc1cc2nccc(Oc3ccc4ccc(NC(=O)c5cccc(F)c5)cc4c3)c2cc1O. The van der Waals surface area contributed by atoms with Crippen molar-refractivity contribution < 1.29 is 23.8 Å². The summed E-state index contributed by atoms with van der Waals surface area (Å²) in [6.45, 7) is 0. The van der Waals surface area contributed by atoms with Gasteiger partial charge in [-0.15, -0.1) is 0 Å². The van der Waals surface area contributed by atoms with Crippen molar-refractivity contribution in [3.63, 3.8) is 0 Å². The van der Waals surface area contributed by atoms with Crippen LogP contribution in [0.5, 0.6) is 23.0 Å². The number of methoxy groups -OCH3 is 1. The van der Waals surface area contributed by atoms with E-state index in [0.29, 0.717) is 33.8 Å². The normalized spacial score (nSPS) is 10.9. The molecular formula is C27H19FN2O4. The monoisotopic (exact) mass is 454 g/mol. The number of fused-ring (bicyclic) bond motifs is 2. The van der Waals surface area contributed by atoms with Crippen molar-refractivity contribution in [2.24, 2.45) is 0 Å². The van der Waals surface area contributed by atoms with E-state index in [1.54, 1.807) is 36.5 Å². The summed E-state index contributed by atoms with van der Waals surface area (Å²) in [5, 5.41) is 15.4. The topological polar surface area (TPSA) is 80.7 Å². The largest absolute Gasteiger partial charge is 0.504 e. The third-order valence-corrected chi connectivity index (χ3v) is 5.39. The minimum Gasteiger partial charge on any atom is -0.504 e. The molecule has 1 aromatic heterocycles. The Kier molecular flexibility index (Phi) is 5.43. The molecule has 6 nitrogen and oxygen atoms in total. The zero-order valence-corrected chi connectivity index (χ0v) is 18.1. The predicted octanol–water partition coefficient (Wildman–Crippen LogP) is 6.29. The molecule has 7 heteroatoms. The van der Waals surface area contributed by atoms with Crippen LogP contribution in [0.25, 0.3) is 21.7 Å². The van der Waals surface area contributed by atoms with Crippen molar-refractivity contribution in [2.45, 2.75) is 0 Å². The van der Waals surface area contributed by atoms with Gasteiger partial charge in [0.25, 0.3) is 5.91 Å². The van der Waals surface area contributed by atoms with Gasteiger partial charge in [-0.05, 0) is 65.4 Å². The number of halogens is 1. The van der Waals surface area contributed by atoms with Gasteiger partial charge in [-0.2, -0.15) is 0 Å². The van der Waals surface area contributed by atoms with Crippen molar-refractivity contribution in [1.29, 1.82) is 0 Å². The summed E-state index contributed by atoms with van der Waals surface area (Å²) in [6.07, 6.45) is 1.62. The van der Waals surface area contributed by atoms with Crippen LogP contribution in [0.15, 0.2) is 85.1 Å². The van der Waals surface area contributed by atoms with Crippen LogP contribution in [0.1, 0.15) is 10.4 Å². The van der Waals surface area contributed by atoms with Crippen molar-refractivity contribution >= 4 is 33.3 Å². The molecule has 4 aromatic carbocycles. The van der Waals surface area contributed by atoms with Gasteiger partial charge in [-0.25, -0.2) is 4.39 Å². The first kappa shape index (κ1) is 21.2. The summed E-state index contributed by atoms with van der Waals surface area (Å²) in [5.74, 6) is 0.551. The lowest BCUT2D eigenvalue weighted by atomic mass is 10.1. The third-order valence-electron chi connectivity index (χ3n) is 5.39. The van der Waals surface area contributed by atoms with E-state index in [0.717, 1.165) is 10.8 Å². The molecule has 0 bridgehead atoms. The second kappa shape index (κ2) is 8.71. The molecule has 34 heavy (non-hydrogen) atoms. The first-order valence-electron chi connectivity index (χ1n) is 10.4. The number of hydrogen-bond acceptors (Lipinski definition) is 5. The molecule has 0 fully saturated rings. The number of rotatable bonds is 5. The molecule has 0 saturated carbocycles. The number of amides is 1. The lowest BCUT2D eigenvalue weighted by molar-refractivity contribution is 0.102. The number of hydrogen-bond donors (Lipinski definition) is 2. The average Bonchev–Trinajstić information content (AvgIpc) is 2.84. The Morgan fingerprint density at radius 2 is 1.79 bits per heavy atom. The molecule has 0 saturated heterocycles. The summed E-state index contributed by atoms with van der Waals surface area (Å²) in [5.41, 5.74) is 1.43. The van der Waals surface area contributed by atoms with Crippen LogP contribution in [0.3, 0.4) is 0 Å². The highest BCUT2D eigenvalue weighted by atomic mass is 19.1. The second-order valence-corrected chi connectivity index (χ2v) is 7.64. The number of carbonyl (C=O) groups is 1. The fourth-order valence-electron chi connectivity index (χ4n) is 3.72. The number of anilines is 1. The number of carbonyl (C=O) groups excluding carboxylic acids is 1. The summed E-state index contributed by atoms with van der Waals surface area (Å²) in [4.78, 5) is 16.8. The number of phenolic OH excluding ortho intramolecular Hbond substituents is 1. The maximum Gasteiger partial charge on any atom is 0.255 e. The van der Waals surface area contributed by atoms with Gasteiger partial charge < -0.3 is 19.9 Å². The average molecular weight is 454 g/mol. The second-order valence-electron chi connectivity index (χ2n) is 7.64. The Balaban J connectivity index is 1.44. The van der Waals surface area contributed by atoms with Crippen molar-refractivity contribution in [2.75, 3.05) is 12.4 Å². The third kappa shape index (κ3) is 4.19. The number of aromatic nitrogens is 1. The Labute approximate surface area is 194 Å². The Hall–Kier alpha value is -4.65. The molecular weight excluding hydrogens is 435 g/mol. The predicted molar refractivity (Wildman–Crippen MR) is 128 cm³/mol. The molecule has 0 aliphatic heterocycles. The van der Waals surface area contributed by atoms with E-state index in [1.165, 1.54) is 25.3 Å². The van der Waals surface area contributed by atoms with Gasteiger partial charge in [0.1, 0.15) is 17.3 Å². The van der Waals surface area contributed by atoms with E-state index in [1.807, 2.05) is 30.3 Å². The van der Waals surface area contributed by atoms with E-state index in [2.05, 4.69) is 10.3 Å². The van der Waals surface area contributed by atoms with Crippen LogP contribution in [0.4, 0.5) is 10.1 Å². The lowest BCUT2D eigenvalue weighted by Gasteiger charge is -2.12. The van der Waals surface area contributed by atoms with Gasteiger partial charge >= 0.3 is 0 Å². The van der Waals surface area contributed by atoms with Crippen LogP contribution in [0.2, 0.25) is 0 Å². The smallest absolute Gasteiger partial charge is 0.255 e. The van der Waals surface area contributed by atoms with Crippen LogP contribution >= 0.6 is 0 Å². The summed E-state index contributed by atoms with van der Waals surface area (Å²) >= 11 is 0. The zero-order chi connectivity index (χ0) is 23.7. The van der Waals surface area contributed by atoms with Crippen molar-refractivity contribution in [3.05, 3.63) is 96.4 Å². The number of phenols is 1. The zero-order valence-electron chi connectivity index (χ0n) is 18.1. The number of ether oxygens (including phenoxy) is 2. The van der Waals surface area contributed by atoms with Gasteiger partial charge in [-0.3, -0.25) is 9.78 Å². The Bertz CT molecular complexity index is 1550. The maximum atomic E-state index is 13.4. The minimum absolute atomic E-state index is 0.00922. The highest BCUT2D eigenvalue weighted by Crippen LogP contribution is 2.37. The molecule has 0 spiro atoms. The molecule has 2 N–H and O–H groups in total. The number of aromatic hydroxyl groups is 1. The van der Waals surface area contributed by atoms with Crippen LogP contribution < -0.4 is 14.8 Å². The van der Waals surface area contributed by atoms with Gasteiger partial charge in [0, 0.05) is 28.9 Å². The Morgan fingerprint density at radius 1 is 0.941 bits per heavy atom. The van der Waals surface area contributed by atoms with Gasteiger partial charge in [0.05, 0.1) is 12.6 Å². The molecule has 0 aliphatic carbocycles. The van der Waals surface area contributed by atoms with Gasteiger partial charge in [0.15, 0.2) is 11.5 Å². The molecule has 0 atom stereocenters. The van der Waals surface area contributed by atoms with Crippen LogP contribution in [-0.4, -0.2) is 23.1 Å². The highest BCUT2D eigenvalue weighted by molar-refractivity contribution is 6.05. The molecule has 168 valence electrons. The highest BCUT2D eigenvalue weighted by Gasteiger charge is 2.11. The van der Waals surface area contributed by atoms with E-state index in [9.17, 15) is 14.3 Å². The fourth-order valence-corrected chi connectivity index (χ4v) is 3.72. The molecule has 0 aliphatic rings. The van der Waals surface area contributed by atoms with Crippen LogP contribution in [-0.2, 0) is 0 Å². The number of nitrogens with zero attached hydrogens (tertiary/aromatic N) is 1. The summed E-state index contributed by atoms with van der Waals surface area (Å²) in [6, 6.07) is 21.5. The maximum absolute atomic E-state index is 13.4. The molecule has 1 heterocycles. The molecule has 1 amide bonds. The molecule has 0 radical (unpaired) electrons. The summed E-state index contributed by atoms with van der Waals surface area (Å²) < 4.78 is 24.7.